The molecule has 0 fully saturated rings. The number of carbonyl (C=O) groups is 4. The number of rotatable bonds is 19. The molecule has 0 aliphatic rings. The maximum absolute atomic E-state index is 11.2. The molecule has 0 aliphatic heterocycles. The Morgan fingerprint density at radius 1 is 0.595 bits per heavy atom. The molecule has 1 aromatic heterocycles. The summed E-state index contributed by atoms with van der Waals surface area (Å²) in [5.74, 6) is -4.41. The minimum absolute atomic E-state index is 0.169. The zero-order valence-electron chi connectivity index (χ0n) is 20.9. The number of carboxylic acids is 4. The molecule has 12 N–H and O–H groups in total. The van der Waals surface area contributed by atoms with Crippen LogP contribution in [0.3, 0.4) is 0 Å². The van der Waals surface area contributed by atoms with Gasteiger partial charge in [-0.25, -0.2) is 4.57 Å². The van der Waals surface area contributed by atoms with Crippen LogP contribution in [-0.4, -0.2) is 68.5 Å². The first kappa shape index (κ1) is 31.9. The highest BCUT2D eigenvalue weighted by atomic mass is 16.4. The summed E-state index contributed by atoms with van der Waals surface area (Å²) in [7, 11) is 0. The first-order valence-corrected chi connectivity index (χ1v) is 12.3. The molecule has 0 unspecified atom stereocenters. The molecule has 0 saturated carbocycles. The van der Waals surface area contributed by atoms with Gasteiger partial charge < -0.3 is 43.4 Å². The van der Waals surface area contributed by atoms with E-state index in [0.717, 1.165) is 16.7 Å². The SMILES string of the molecule is N[C@H](CCCC[n+]1cc(CC[C@@H](N)C(=O)O)c(CCC[C@@H](N)C(=O)O)c(CC[C@H](N)C(=O)O)c1)C(=O)O. The number of carboxylic acid groups (broad SMARTS) is 4. The maximum Gasteiger partial charge on any atom is 0.320 e. The van der Waals surface area contributed by atoms with E-state index in [-0.39, 0.29) is 19.3 Å². The highest BCUT2D eigenvalue weighted by Crippen LogP contribution is 2.21. The van der Waals surface area contributed by atoms with Gasteiger partial charge in [-0.15, -0.1) is 0 Å². The van der Waals surface area contributed by atoms with Gasteiger partial charge in [-0.1, -0.05) is 0 Å². The second-order valence-corrected chi connectivity index (χ2v) is 9.27. The van der Waals surface area contributed by atoms with Crippen molar-refractivity contribution in [2.45, 2.75) is 94.9 Å². The Bertz CT molecular complexity index is 897. The standard InChI is InChI=1S/C24H39N5O8/c25-17(21(30)31)5-1-2-11-29-12-14(7-9-19(27)23(34)35)16(4-3-6-18(26)22(32)33)15(13-29)8-10-20(28)24(36)37/h12-13,17-20H,1-11,25-28H2,(H3-,30,31,32,33,34,35,36,37)/p+1/t17-,18-,19-,20+/m1/s1. The molecule has 0 radical (unpaired) electrons. The third kappa shape index (κ3) is 11.6. The first-order chi connectivity index (χ1) is 17.3. The lowest BCUT2D eigenvalue weighted by molar-refractivity contribution is -0.698. The van der Waals surface area contributed by atoms with Crippen molar-refractivity contribution in [1.82, 2.24) is 0 Å². The summed E-state index contributed by atoms with van der Waals surface area (Å²) < 4.78 is 1.90. The fourth-order valence-electron chi connectivity index (χ4n) is 3.95. The molecule has 1 aromatic rings. The van der Waals surface area contributed by atoms with Gasteiger partial charge in [-0.3, -0.25) is 19.2 Å². The van der Waals surface area contributed by atoms with Crippen molar-refractivity contribution in [3.63, 3.8) is 0 Å². The Balaban J connectivity index is 3.23. The van der Waals surface area contributed by atoms with E-state index in [1.807, 2.05) is 17.0 Å². The largest absolute Gasteiger partial charge is 0.480 e. The van der Waals surface area contributed by atoms with Gasteiger partial charge in [0.25, 0.3) is 0 Å². The Morgan fingerprint density at radius 3 is 1.38 bits per heavy atom. The van der Waals surface area contributed by atoms with E-state index in [0.29, 0.717) is 51.5 Å². The van der Waals surface area contributed by atoms with Gasteiger partial charge in [-0.05, 0) is 63.4 Å². The summed E-state index contributed by atoms with van der Waals surface area (Å²) in [5.41, 5.74) is 25.2. The monoisotopic (exact) mass is 526 g/mol. The molecule has 0 aliphatic carbocycles. The van der Waals surface area contributed by atoms with Crippen LogP contribution in [0, 0.1) is 0 Å². The van der Waals surface area contributed by atoms with Crippen molar-refractivity contribution in [1.29, 1.82) is 0 Å². The van der Waals surface area contributed by atoms with Crippen LogP contribution in [-0.2, 0) is 45.0 Å². The number of unbranched alkanes of at least 4 members (excludes halogenated alkanes) is 1. The van der Waals surface area contributed by atoms with Crippen molar-refractivity contribution >= 4 is 23.9 Å². The van der Waals surface area contributed by atoms with Gasteiger partial charge in [0.05, 0.1) is 0 Å². The molecule has 208 valence electrons. The summed E-state index contributed by atoms with van der Waals surface area (Å²) in [5, 5.41) is 36.4. The fourth-order valence-corrected chi connectivity index (χ4v) is 3.95. The number of nitrogens with two attached hydrogens (primary N) is 4. The number of aryl methyl sites for hydroxylation is 3. The van der Waals surface area contributed by atoms with E-state index in [1.165, 1.54) is 0 Å². The third-order valence-corrected chi connectivity index (χ3v) is 6.26. The molecule has 1 heterocycles. The minimum atomic E-state index is -1.12. The van der Waals surface area contributed by atoms with E-state index in [1.54, 1.807) is 0 Å². The Hall–Kier alpha value is -3.13. The van der Waals surface area contributed by atoms with Crippen molar-refractivity contribution in [3.8, 4) is 0 Å². The molecular weight excluding hydrogens is 486 g/mol. The quantitative estimate of drug-likeness (QED) is 0.0795. The molecular formula is C24H40N5O8+. The summed E-state index contributed by atoms with van der Waals surface area (Å²) >= 11 is 0. The van der Waals surface area contributed by atoms with Crippen LogP contribution in [0.2, 0.25) is 0 Å². The van der Waals surface area contributed by atoms with E-state index in [2.05, 4.69) is 0 Å². The predicted octanol–water partition coefficient (Wildman–Crippen LogP) is -1.02. The first-order valence-electron chi connectivity index (χ1n) is 12.3. The summed E-state index contributed by atoms with van der Waals surface area (Å²) in [4.78, 5) is 44.5. The molecule has 37 heavy (non-hydrogen) atoms. The molecule has 13 heteroatoms. The van der Waals surface area contributed by atoms with Crippen LogP contribution in [0.15, 0.2) is 12.4 Å². The molecule has 4 atom stereocenters. The van der Waals surface area contributed by atoms with Gasteiger partial charge in [0, 0.05) is 17.5 Å². The van der Waals surface area contributed by atoms with Crippen LogP contribution in [0.5, 0.6) is 0 Å². The lowest BCUT2D eigenvalue weighted by Gasteiger charge is -2.16. The zero-order valence-corrected chi connectivity index (χ0v) is 20.9. The second kappa shape index (κ2) is 15.9. The zero-order chi connectivity index (χ0) is 28.1. The van der Waals surface area contributed by atoms with Crippen LogP contribution >= 0.6 is 0 Å². The van der Waals surface area contributed by atoms with E-state index in [4.69, 9.17) is 33.1 Å². The van der Waals surface area contributed by atoms with E-state index < -0.39 is 48.0 Å². The summed E-state index contributed by atoms with van der Waals surface area (Å²) in [6, 6.07) is -4.09. The van der Waals surface area contributed by atoms with Crippen LogP contribution in [0.25, 0.3) is 0 Å². The molecule has 0 saturated heterocycles. The van der Waals surface area contributed by atoms with Gasteiger partial charge in [0.15, 0.2) is 12.4 Å². The van der Waals surface area contributed by atoms with Crippen molar-refractivity contribution < 1.29 is 44.2 Å². The van der Waals surface area contributed by atoms with Gasteiger partial charge in [-0.2, -0.15) is 0 Å². The highest BCUT2D eigenvalue weighted by molar-refractivity contribution is 5.74. The normalized spacial score (nSPS) is 14.5. The fraction of sp³-hybridized carbons (Fsp3) is 0.625. The molecule has 0 aromatic carbocycles. The summed E-state index contributed by atoms with van der Waals surface area (Å²) in [6.07, 6.45) is 7.46. The average Bonchev–Trinajstić information content (AvgIpc) is 2.83. The number of pyridine rings is 1. The van der Waals surface area contributed by atoms with Crippen molar-refractivity contribution in [2.24, 2.45) is 22.9 Å². The van der Waals surface area contributed by atoms with Crippen molar-refractivity contribution in [3.05, 3.63) is 29.1 Å². The lowest BCUT2D eigenvalue weighted by atomic mass is 9.91. The number of hydrogen-bond donors (Lipinski definition) is 8. The molecule has 0 amide bonds. The van der Waals surface area contributed by atoms with Crippen molar-refractivity contribution in [2.75, 3.05) is 0 Å². The Labute approximate surface area is 215 Å². The second-order valence-electron chi connectivity index (χ2n) is 9.27. The molecule has 1 rings (SSSR count). The van der Waals surface area contributed by atoms with Crippen LogP contribution < -0.4 is 27.5 Å². The smallest absolute Gasteiger partial charge is 0.320 e. The van der Waals surface area contributed by atoms with Gasteiger partial charge >= 0.3 is 23.9 Å². The average molecular weight is 527 g/mol. The van der Waals surface area contributed by atoms with E-state index >= 15 is 0 Å². The molecule has 13 nitrogen and oxygen atoms in total. The van der Waals surface area contributed by atoms with E-state index in [9.17, 15) is 29.4 Å². The topological polar surface area (TPSA) is 257 Å². The predicted molar refractivity (Wildman–Crippen MR) is 133 cm³/mol. The minimum Gasteiger partial charge on any atom is -0.480 e. The number of aliphatic carboxylic acids is 4. The molecule has 0 spiro atoms. The number of nitrogens with zero attached hydrogens (tertiary/aromatic N) is 1. The Kier molecular flexibility index (Phi) is 13.7. The van der Waals surface area contributed by atoms with Crippen LogP contribution in [0.4, 0.5) is 0 Å². The highest BCUT2D eigenvalue weighted by Gasteiger charge is 2.22. The Morgan fingerprint density at radius 2 is 0.973 bits per heavy atom. The number of aromatic nitrogens is 1. The summed E-state index contributed by atoms with van der Waals surface area (Å²) in [6.45, 7) is 0.534. The van der Waals surface area contributed by atoms with Gasteiger partial charge in [0.1, 0.15) is 30.7 Å². The third-order valence-electron chi connectivity index (χ3n) is 6.26. The maximum atomic E-state index is 11.2. The molecule has 0 bridgehead atoms. The lowest BCUT2D eigenvalue weighted by Crippen LogP contribution is -2.37. The number of hydrogen-bond acceptors (Lipinski definition) is 8. The van der Waals surface area contributed by atoms with Crippen LogP contribution in [0.1, 0.15) is 61.6 Å². The van der Waals surface area contributed by atoms with Gasteiger partial charge in [0.2, 0.25) is 0 Å².